The molecule has 0 spiro atoms. The van der Waals surface area contributed by atoms with Crippen molar-refractivity contribution >= 4 is 22.6 Å². The van der Waals surface area contributed by atoms with Crippen molar-refractivity contribution in [2.24, 2.45) is 0 Å². The minimum absolute atomic E-state index is 0.337. The van der Waals surface area contributed by atoms with Crippen LogP contribution >= 0.6 is 11.6 Å². The average molecular weight is 276 g/mol. The van der Waals surface area contributed by atoms with Crippen LogP contribution in [-0.4, -0.2) is 19.4 Å². The normalized spacial score (nSPS) is 11.1. The second-order valence-corrected chi connectivity index (χ2v) is 4.62. The molecule has 0 fully saturated rings. The van der Waals surface area contributed by atoms with Gasteiger partial charge < -0.3 is 5.84 Å². The van der Waals surface area contributed by atoms with Crippen LogP contribution in [0.2, 0.25) is 5.02 Å². The van der Waals surface area contributed by atoms with Crippen molar-refractivity contribution in [3.8, 4) is 5.69 Å². The SMILES string of the molecule is Cc1ccc(Cl)cc1-n1ncc2c(=O)n(N)cnc21. The lowest BCUT2D eigenvalue weighted by Crippen LogP contribution is -2.27. The number of rotatable bonds is 1. The van der Waals surface area contributed by atoms with Crippen LogP contribution in [0.15, 0.2) is 35.5 Å². The number of hydrogen-bond donors (Lipinski definition) is 1. The van der Waals surface area contributed by atoms with Gasteiger partial charge in [-0.15, -0.1) is 0 Å². The fourth-order valence-electron chi connectivity index (χ4n) is 1.91. The van der Waals surface area contributed by atoms with E-state index in [1.165, 1.54) is 12.5 Å². The van der Waals surface area contributed by atoms with Gasteiger partial charge in [-0.1, -0.05) is 17.7 Å². The molecule has 0 aliphatic rings. The molecule has 0 unspecified atom stereocenters. The summed E-state index contributed by atoms with van der Waals surface area (Å²) in [6.07, 6.45) is 2.72. The Kier molecular flexibility index (Phi) is 2.53. The van der Waals surface area contributed by atoms with Gasteiger partial charge in [0.2, 0.25) is 0 Å². The van der Waals surface area contributed by atoms with Crippen molar-refractivity contribution in [1.29, 1.82) is 0 Å². The van der Waals surface area contributed by atoms with E-state index in [9.17, 15) is 4.79 Å². The van der Waals surface area contributed by atoms with Crippen molar-refractivity contribution in [3.63, 3.8) is 0 Å². The molecule has 3 aromatic rings. The van der Waals surface area contributed by atoms with Gasteiger partial charge in [-0.2, -0.15) is 5.10 Å². The van der Waals surface area contributed by atoms with E-state index in [2.05, 4.69) is 10.1 Å². The van der Waals surface area contributed by atoms with E-state index >= 15 is 0 Å². The number of hydrogen-bond acceptors (Lipinski definition) is 4. The van der Waals surface area contributed by atoms with Gasteiger partial charge in [0, 0.05) is 5.02 Å². The number of nitrogens with two attached hydrogens (primary N) is 1. The van der Waals surface area contributed by atoms with E-state index in [0.29, 0.717) is 16.1 Å². The maximum Gasteiger partial charge on any atom is 0.282 e. The van der Waals surface area contributed by atoms with Gasteiger partial charge in [0.25, 0.3) is 5.56 Å². The summed E-state index contributed by atoms with van der Waals surface area (Å²) < 4.78 is 2.51. The Balaban J connectivity index is 2.35. The minimum Gasteiger partial charge on any atom is -0.335 e. The van der Waals surface area contributed by atoms with Gasteiger partial charge >= 0.3 is 0 Å². The lowest BCUT2D eigenvalue weighted by Gasteiger charge is -2.07. The first-order valence-electron chi connectivity index (χ1n) is 5.55. The van der Waals surface area contributed by atoms with Crippen LogP contribution in [0.5, 0.6) is 0 Å². The molecule has 7 heteroatoms. The lowest BCUT2D eigenvalue weighted by molar-refractivity contribution is 0.869. The molecule has 0 saturated carbocycles. The predicted octanol–water partition coefficient (Wildman–Crippen LogP) is 1.26. The highest BCUT2D eigenvalue weighted by Crippen LogP contribution is 2.21. The van der Waals surface area contributed by atoms with Gasteiger partial charge in [0.15, 0.2) is 5.65 Å². The van der Waals surface area contributed by atoms with E-state index < -0.39 is 0 Å². The molecule has 2 N–H and O–H groups in total. The maximum absolute atomic E-state index is 11.8. The van der Waals surface area contributed by atoms with Crippen molar-refractivity contribution in [2.45, 2.75) is 6.92 Å². The molecule has 0 aliphatic heterocycles. The number of aromatic nitrogens is 4. The Labute approximate surface area is 113 Å². The molecular weight excluding hydrogens is 266 g/mol. The fraction of sp³-hybridized carbons (Fsp3) is 0.0833. The number of benzene rings is 1. The molecule has 19 heavy (non-hydrogen) atoms. The zero-order valence-corrected chi connectivity index (χ0v) is 10.8. The smallest absolute Gasteiger partial charge is 0.282 e. The zero-order chi connectivity index (χ0) is 13.6. The van der Waals surface area contributed by atoms with Crippen molar-refractivity contribution in [2.75, 3.05) is 5.84 Å². The summed E-state index contributed by atoms with van der Waals surface area (Å²) >= 11 is 5.99. The van der Waals surface area contributed by atoms with E-state index in [4.69, 9.17) is 17.4 Å². The molecule has 6 nitrogen and oxygen atoms in total. The third-order valence-corrected chi connectivity index (χ3v) is 3.15. The van der Waals surface area contributed by atoms with Crippen LogP contribution < -0.4 is 11.4 Å². The van der Waals surface area contributed by atoms with Crippen LogP contribution in [0.25, 0.3) is 16.7 Å². The molecule has 0 aliphatic carbocycles. The molecule has 0 radical (unpaired) electrons. The maximum atomic E-state index is 11.8. The molecule has 0 saturated heterocycles. The molecule has 3 rings (SSSR count). The number of nitrogen functional groups attached to an aromatic ring is 1. The summed E-state index contributed by atoms with van der Waals surface area (Å²) in [5.74, 6) is 5.47. The topological polar surface area (TPSA) is 78.7 Å². The first-order chi connectivity index (χ1) is 9.08. The van der Waals surface area contributed by atoms with E-state index in [-0.39, 0.29) is 5.56 Å². The highest BCUT2D eigenvalue weighted by Gasteiger charge is 2.12. The summed E-state index contributed by atoms with van der Waals surface area (Å²) in [7, 11) is 0. The van der Waals surface area contributed by atoms with E-state index in [0.717, 1.165) is 15.9 Å². The summed E-state index contributed by atoms with van der Waals surface area (Å²) in [5.41, 5.74) is 1.88. The molecule has 2 aromatic heterocycles. The third-order valence-electron chi connectivity index (χ3n) is 2.91. The van der Waals surface area contributed by atoms with Crippen LogP contribution in [0.4, 0.5) is 0 Å². The first-order valence-corrected chi connectivity index (χ1v) is 5.93. The molecule has 96 valence electrons. The Morgan fingerprint density at radius 3 is 2.95 bits per heavy atom. The van der Waals surface area contributed by atoms with Gasteiger partial charge in [-0.25, -0.2) is 14.3 Å². The Morgan fingerprint density at radius 2 is 2.16 bits per heavy atom. The van der Waals surface area contributed by atoms with Crippen LogP contribution in [0.1, 0.15) is 5.56 Å². The van der Waals surface area contributed by atoms with Crippen molar-refractivity contribution in [1.82, 2.24) is 19.4 Å². The fourth-order valence-corrected chi connectivity index (χ4v) is 2.08. The van der Waals surface area contributed by atoms with Gasteiger partial charge in [-0.05, 0) is 24.6 Å². The van der Waals surface area contributed by atoms with Crippen LogP contribution in [-0.2, 0) is 0 Å². The second-order valence-electron chi connectivity index (χ2n) is 4.18. The van der Waals surface area contributed by atoms with E-state index in [1.807, 2.05) is 13.0 Å². The number of halogens is 1. The van der Waals surface area contributed by atoms with Crippen LogP contribution in [0, 0.1) is 6.92 Å². The minimum atomic E-state index is -0.337. The zero-order valence-electron chi connectivity index (χ0n) is 10.0. The standard InChI is InChI=1S/C12H10ClN5O/c1-7-2-3-8(13)4-10(7)18-11-9(5-16-18)12(19)17(14)6-15-11/h2-6H,14H2,1H3. The van der Waals surface area contributed by atoms with Gasteiger partial charge in [-0.3, -0.25) is 4.79 Å². The quantitative estimate of drug-likeness (QED) is 0.678. The summed E-state index contributed by atoms with van der Waals surface area (Å²) in [6, 6.07) is 5.46. The first kappa shape index (κ1) is 11.7. The Morgan fingerprint density at radius 1 is 1.37 bits per heavy atom. The predicted molar refractivity (Wildman–Crippen MR) is 73.0 cm³/mol. The van der Waals surface area contributed by atoms with Crippen LogP contribution in [0.3, 0.4) is 0 Å². The van der Waals surface area contributed by atoms with Crippen molar-refractivity contribution in [3.05, 3.63) is 51.7 Å². The third kappa shape index (κ3) is 1.77. The Bertz CT molecular complexity index is 836. The largest absolute Gasteiger partial charge is 0.335 e. The average Bonchev–Trinajstić information content (AvgIpc) is 2.81. The highest BCUT2D eigenvalue weighted by atomic mass is 35.5. The molecule has 2 heterocycles. The van der Waals surface area contributed by atoms with E-state index in [1.54, 1.807) is 16.8 Å². The highest BCUT2D eigenvalue weighted by molar-refractivity contribution is 6.30. The number of nitrogens with zero attached hydrogens (tertiary/aromatic N) is 4. The Hall–Kier alpha value is -2.34. The number of aryl methyl sites for hydroxylation is 1. The van der Waals surface area contributed by atoms with Gasteiger partial charge in [0.05, 0.1) is 11.9 Å². The molecular formula is C12H10ClN5O. The second kappa shape index (κ2) is 4.10. The van der Waals surface area contributed by atoms with Gasteiger partial charge in [0.1, 0.15) is 11.7 Å². The molecule has 1 aromatic carbocycles. The molecule has 0 bridgehead atoms. The monoisotopic (exact) mass is 275 g/mol. The molecule has 0 amide bonds. The number of fused-ring (bicyclic) bond motifs is 1. The summed E-state index contributed by atoms with van der Waals surface area (Å²) in [6.45, 7) is 1.93. The van der Waals surface area contributed by atoms with Crippen molar-refractivity contribution < 1.29 is 0 Å². The lowest BCUT2D eigenvalue weighted by atomic mass is 10.2. The summed E-state index contributed by atoms with van der Waals surface area (Å²) in [5, 5.41) is 5.16. The molecule has 0 atom stereocenters. The summed E-state index contributed by atoms with van der Waals surface area (Å²) in [4.78, 5) is 16.0.